The highest BCUT2D eigenvalue weighted by atomic mass is 16.3. The molecule has 0 spiro atoms. The molecule has 2 N–H and O–H groups in total. The highest BCUT2D eigenvalue weighted by molar-refractivity contribution is 5.59. The Kier molecular flexibility index (Phi) is 2.06. The molecule has 1 aromatic rings. The van der Waals surface area contributed by atoms with Crippen LogP contribution in [0.4, 0.5) is 5.69 Å². The van der Waals surface area contributed by atoms with Crippen LogP contribution in [-0.2, 0) is 6.42 Å². The van der Waals surface area contributed by atoms with Crippen LogP contribution >= 0.6 is 0 Å². The van der Waals surface area contributed by atoms with Gasteiger partial charge in [-0.05, 0) is 24.5 Å². The summed E-state index contributed by atoms with van der Waals surface area (Å²) >= 11 is 0. The van der Waals surface area contributed by atoms with E-state index in [4.69, 9.17) is 0 Å². The molecule has 1 saturated heterocycles. The number of piperazine rings is 1. The van der Waals surface area contributed by atoms with E-state index in [1.165, 1.54) is 17.7 Å². The Labute approximate surface area is 89.7 Å². The topological polar surface area (TPSA) is 35.5 Å². The molecule has 2 heterocycles. The summed E-state index contributed by atoms with van der Waals surface area (Å²) in [5.41, 5.74) is 2.62. The summed E-state index contributed by atoms with van der Waals surface area (Å²) in [6, 6.07) is 6.38. The van der Waals surface area contributed by atoms with E-state index in [1.807, 2.05) is 6.07 Å². The van der Waals surface area contributed by atoms with Gasteiger partial charge in [0.25, 0.3) is 0 Å². The van der Waals surface area contributed by atoms with E-state index in [0.717, 1.165) is 26.1 Å². The number of aromatic hydroxyl groups is 1. The number of nitrogens with one attached hydrogen (secondary N) is 1. The van der Waals surface area contributed by atoms with Gasteiger partial charge < -0.3 is 15.3 Å². The molecule has 80 valence electrons. The van der Waals surface area contributed by atoms with Crippen molar-refractivity contribution in [1.82, 2.24) is 5.32 Å². The molecule has 15 heavy (non-hydrogen) atoms. The van der Waals surface area contributed by atoms with Crippen molar-refractivity contribution in [3.8, 4) is 5.75 Å². The number of anilines is 1. The molecule has 1 atom stereocenters. The second-order valence-corrected chi connectivity index (χ2v) is 4.40. The first-order valence-electron chi connectivity index (χ1n) is 5.64. The number of benzene rings is 1. The molecule has 3 nitrogen and oxygen atoms in total. The minimum Gasteiger partial charge on any atom is -0.508 e. The van der Waals surface area contributed by atoms with Gasteiger partial charge in [0.05, 0.1) is 0 Å². The third-order valence-corrected chi connectivity index (χ3v) is 3.48. The molecular weight excluding hydrogens is 188 g/mol. The van der Waals surface area contributed by atoms with E-state index >= 15 is 0 Å². The van der Waals surface area contributed by atoms with Crippen molar-refractivity contribution in [1.29, 1.82) is 0 Å². The molecule has 2 aliphatic rings. The summed E-state index contributed by atoms with van der Waals surface area (Å²) in [6.07, 6.45) is 2.36. The molecule has 0 radical (unpaired) electrons. The number of phenolic OH excluding ortho intramolecular Hbond substituents is 1. The Morgan fingerprint density at radius 3 is 3.27 bits per heavy atom. The summed E-state index contributed by atoms with van der Waals surface area (Å²) in [5.74, 6) is 0.382. The van der Waals surface area contributed by atoms with Gasteiger partial charge >= 0.3 is 0 Å². The minimum atomic E-state index is 0.382. The summed E-state index contributed by atoms with van der Waals surface area (Å²) in [5, 5.41) is 13.0. The Bertz CT molecular complexity index is 378. The summed E-state index contributed by atoms with van der Waals surface area (Å²) in [7, 11) is 0. The zero-order valence-corrected chi connectivity index (χ0v) is 8.74. The number of aryl methyl sites for hydroxylation is 1. The number of phenols is 1. The van der Waals surface area contributed by atoms with Crippen LogP contribution in [0.15, 0.2) is 18.2 Å². The maximum Gasteiger partial charge on any atom is 0.117 e. The Hall–Kier alpha value is -1.22. The van der Waals surface area contributed by atoms with Gasteiger partial charge in [-0.2, -0.15) is 0 Å². The van der Waals surface area contributed by atoms with E-state index in [0.29, 0.717) is 11.8 Å². The number of rotatable bonds is 0. The largest absolute Gasteiger partial charge is 0.508 e. The first-order valence-corrected chi connectivity index (χ1v) is 5.64. The van der Waals surface area contributed by atoms with Crippen molar-refractivity contribution in [2.45, 2.75) is 18.9 Å². The van der Waals surface area contributed by atoms with Crippen molar-refractivity contribution in [3.63, 3.8) is 0 Å². The zero-order valence-electron chi connectivity index (χ0n) is 8.74. The van der Waals surface area contributed by atoms with Gasteiger partial charge in [0, 0.05) is 37.4 Å². The summed E-state index contributed by atoms with van der Waals surface area (Å²) < 4.78 is 0. The molecule has 0 saturated carbocycles. The quantitative estimate of drug-likeness (QED) is 0.664. The average Bonchev–Trinajstić information content (AvgIpc) is 2.29. The number of hydrogen-bond acceptors (Lipinski definition) is 3. The van der Waals surface area contributed by atoms with E-state index in [2.05, 4.69) is 16.3 Å². The predicted molar refractivity (Wildman–Crippen MR) is 60.4 cm³/mol. The van der Waals surface area contributed by atoms with Gasteiger partial charge in [0.1, 0.15) is 5.75 Å². The molecule has 0 bridgehead atoms. The lowest BCUT2D eigenvalue weighted by atomic mass is 9.94. The summed E-state index contributed by atoms with van der Waals surface area (Å²) in [6.45, 7) is 3.18. The SMILES string of the molecule is Oc1ccc2c(c1)N1CCNCC1CC2. The molecule has 1 unspecified atom stereocenters. The predicted octanol–water partition coefficient (Wildman–Crippen LogP) is 1.12. The van der Waals surface area contributed by atoms with Gasteiger partial charge in [0.2, 0.25) is 0 Å². The van der Waals surface area contributed by atoms with Gasteiger partial charge in [0.15, 0.2) is 0 Å². The van der Waals surface area contributed by atoms with Gasteiger partial charge in [-0.3, -0.25) is 0 Å². The number of hydrogen-bond donors (Lipinski definition) is 2. The van der Waals surface area contributed by atoms with Gasteiger partial charge in [-0.25, -0.2) is 0 Å². The zero-order chi connectivity index (χ0) is 10.3. The first kappa shape index (κ1) is 9.04. The molecule has 1 fully saturated rings. The van der Waals surface area contributed by atoms with Crippen molar-refractivity contribution < 1.29 is 5.11 Å². The van der Waals surface area contributed by atoms with E-state index in [9.17, 15) is 5.11 Å². The van der Waals surface area contributed by atoms with E-state index < -0.39 is 0 Å². The van der Waals surface area contributed by atoms with Crippen LogP contribution in [0, 0.1) is 0 Å². The standard InChI is InChI=1S/C12H16N2O/c15-11-4-2-9-1-3-10-8-13-5-6-14(10)12(9)7-11/h2,4,7,10,13,15H,1,3,5-6,8H2. The first-order chi connectivity index (χ1) is 7.34. The van der Waals surface area contributed by atoms with Crippen molar-refractivity contribution in [2.75, 3.05) is 24.5 Å². The van der Waals surface area contributed by atoms with E-state index in [-0.39, 0.29) is 0 Å². The normalized spacial score (nSPS) is 24.5. The highest BCUT2D eigenvalue weighted by Gasteiger charge is 2.28. The second kappa shape index (κ2) is 3.42. The average molecular weight is 204 g/mol. The van der Waals surface area contributed by atoms with Crippen LogP contribution in [0.1, 0.15) is 12.0 Å². The van der Waals surface area contributed by atoms with Gasteiger partial charge in [-0.1, -0.05) is 6.07 Å². The van der Waals surface area contributed by atoms with E-state index in [1.54, 1.807) is 6.07 Å². The molecule has 1 aromatic carbocycles. The minimum absolute atomic E-state index is 0.382. The molecular formula is C12H16N2O. The number of nitrogens with zero attached hydrogens (tertiary/aromatic N) is 1. The molecule has 0 aromatic heterocycles. The Morgan fingerprint density at radius 1 is 1.40 bits per heavy atom. The molecule has 0 amide bonds. The molecule has 2 aliphatic heterocycles. The molecule has 3 rings (SSSR count). The van der Waals surface area contributed by atoms with Crippen LogP contribution in [-0.4, -0.2) is 30.8 Å². The fraction of sp³-hybridized carbons (Fsp3) is 0.500. The fourth-order valence-corrected chi connectivity index (χ4v) is 2.69. The maximum absolute atomic E-state index is 9.54. The highest BCUT2D eigenvalue weighted by Crippen LogP contribution is 2.33. The van der Waals surface area contributed by atoms with Crippen LogP contribution in [0.25, 0.3) is 0 Å². The van der Waals surface area contributed by atoms with Crippen LogP contribution in [0.5, 0.6) is 5.75 Å². The maximum atomic E-state index is 9.54. The molecule has 0 aliphatic carbocycles. The smallest absolute Gasteiger partial charge is 0.117 e. The van der Waals surface area contributed by atoms with Crippen molar-refractivity contribution in [3.05, 3.63) is 23.8 Å². The third kappa shape index (κ3) is 1.47. The lowest BCUT2D eigenvalue weighted by molar-refractivity contribution is 0.436. The fourth-order valence-electron chi connectivity index (χ4n) is 2.69. The second-order valence-electron chi connectivity index (χ2n) is 4.40. The monoisotopic (exact) mass is 204 g/mol. The third-order valence-electron chi connectivity index (χ3n) is 3.48. The Balaban J connectivity index is 2.01. The van der Waals surface area contributed by atoms with Crippen LogP contribution in [0.2, 0.25) is 0 Å². The van der Waals surface area contributed by atoms with Crippen molar-refractivity contribution >= 4 is 5.69 Å². The lowest BCUT2D eigenvalue weighted by Gasteiger charge is -2.42. The van der Waals surface area contributed by atoms with Gasteiger partial charge in [-0.15, -0.1) is 0 Å². The summed E-state index contributed by atoms with van der Waals surface area (Å²) in [4.78, 5) is 2.44. The van der Waals surface area contributed by atoms with Crippen molar-refractivity contribution in [2.24, 2.45) is 0 Å². The lowest BCUT2D eigenvalue weighted by Crippen LogP contribution is -2.53. The van der Waals surface area contributed by atoms with Crippen LogP contribution < -0.4 is 10.2 Å². The molecule has 3 heteroatoms. The van der Waals surface area contributed by atoms with Crippen LogP contribution in [0.3, 0.4) is 0 Å². The number of fused-ring (bicyclic) bond motifs is 3. The Morgan fingerprint density at radius 2 is 2.33 bits per heavy atom.